The van der Waals surface area contributed by atoms with Crippen molar-refractivity contribution < 1.29 is 0 Å². The van der Waals surface area contributed by atoms with E-state index in [1.54, 1.807) is 16.4 Å². The predicted octanol–water partition coefficient (Wildman–Crippen LogP) is 1.75. The minimum atomic E-state index is -0.200. The minimum absolute atomic E-state index is 0.200. The van der Waals surface area contributed by atoms with Crippen molar-refractivity contribution in [2.24, 2.45) is 7.05 Å². The molecule has 2 rings (SSSR count). The molecule has 1 aromatic heterocycles. The van der Waals surface area contributed by atoms with E-state index >= 15 is 0 Å². The fourth-order valence-electron chi connectivity index (χ4n) is 1.81. The highest BCUT2D eigenvalue weighted by molar-refractivity contribution is 8.01. The van der Waals surface area contributed by atoms with Gasteiger partial charge in [-0.3, -0.25) is 4.68 Å². The van der Waals surface area contributed by atoms with E-state index in [1.165, 1.54) is 0 Å². The third kappa shape index (κ3) is 1.78. The maximum absolute atomic E-state index is 9.18. The van der Waals surface area contributed by atoms with Gasteiger partial charge in [-0.1, -0.05) is 0 Å². The number of hydrogen-bond donors (Lipinski definition) is 0. The first-order valence-electron chi connectivity index (χ1n) is 4.78. The molecule has 0 spiro atoms. The first kappa shape index (κ1) is 9.60. The zero-order valence-corrected chi connectivity index (χ0v) is 9.05. The second kappa shape index (κ2) is 3.66. The third-order valence-electron chi connectivity index (χ3n) is 2.54. The largest absolute Gasteiger partial charge is 0.276 e. The number of hydrogen-bond acceptors (Lipinski definition) is 3. The fraction of sp³-hybridized carbons (Fsp3) is 0.600. The molecule has 1 aliphatic rings. The van der Waals surface area contributed by atoms with Crippen LogP contribution in [0.25, 0.3) is 0 Å². The highest BCUT2D eigenvalue weighted by Gasteiger charge is 2.35. The molecule has 1 unspecified atom stereocenters. The molecule has 0 bridgehead atoms. The maximum Gasteiger partial charge on any atom is 0.108 e. The Hall–Kier alpha value is -0.950. The van der Waals surface area contributed by atoms with E-state index in [2.05, 4.69) is 11.2 Å². The zero-order valence-electron chi connectivity index (χ0n) is 8.23. The Morgan fingerprint density at radius 2 is 2.64 bits per heavy atom. The van der Waals surface area contributed by atoms with Crippen LogP contribution in [-0.2, 0) is 13.5 Å². The molecule has 1 atom stereocenters. The smallest absolute Gasteiger partial charge is 0.108 e. The number of rotatable bonds is 2. The molecule has 4 heteroatoms. The SMILES string of the molecule is Cn1ccc(CC2(C#N)CCCS2)n1. The molecule has 2 heterocycles. The molecule has 0 radical (unpaired) electrons. The van der Waals surface area contributed by atoms with Gasteiger partial charge in [-0.25, -0.2) is 0 Å². The molecule has 1 fully saturated rings. The normalized spacial score (nSPS) is 26.3. The topological polar surface area (TPSA) is 41.6 Å². The zero-order chi connectivity index (χ0) is 10.0. The molecule has 74 valence electrons. The third-order valence-corrected chi connectivity index (χ3v) is 4.03. The molecule has 0 aliphatic carbocycles. The molecule has 0 amide bonds. The van der Waals surface area contributed by atoms with Crippen LogP contribution in [0.3, 0.4) is 0 Å². The van der Waals surface area contributed by atoms with Crippen LogP contribution >= 0.6 is 11.8 Å². The second-order valence-electron chi connectivity index (χ2n) is 3.72. The molecule has 1 aromatic rings. The summed E-state index contributed by atoms with van der Waals surface area (Å²) < 4.78 is 1.59. The van der Waals surface area contributed by atoms with Gasteiger partial charge in [0.05, 0.1) is 11.8 Å². The highest BCUT2D eigenvalue weighted by atomic mass is 32.2. The summed E-state index contributed by atoms with van der Waals surface area (Å²) in [7, 11) is 1.91. The molecule has 0 saturated carbocycles. The Labute approximate surface area is 88.1 Å². The van der Waals surface area contributed by atoms with Crippen LogP contribution in [0.2, 0.25) is 0 Å². The maximum atomic E-state index is 9.18. The minimum Gasteiger partial charge on any atom is -0.276 e. The standard InChI is InChI=1S/C10H13N3S/c1-13-5-3-9(12-13)7-10(8-11)4-2-6-14-10/h3,5H,2,4,6-7H2,1H3. The van der Waals surface area contributed by atoms with Crippen LogP contribution in [0.1, 0.15) is 18.5 Å². The van der Waals surface area contributed by atoms with E-state index in [0.29, 0.717) is 0 Å². The van der Waals surface area contributed by atoms with Crippen molar-refractivity contribution in [3.63, 3.8) is 0 Å². The average Bonchev–Trinajstić information content (AvgIpc) is 2.77. The Kier molecular flexibility index (Phi) is 2.51. The Morgan fingerprint density at radius 3 is 3.14 bits per heavy atom. The summed E-state index contributed by atoms with van der Waals surface area (Å²) in [5.41, 5.74) is 1.03. The van der Waals surface area contributed by atoms with E-state index in [1.807, 2.05) is 19.3 Å². The quantitative estimate of drug-likeness (QED) is 0.742. The lowest BCUT2D eigenvalue weighted by Crippen LogP contribution is -2.22. The van der Waals surface area contributed by atoms with E-state index in [4.69, 9.17) is 0 Å². The molecular weight excluding hydrogens is 194 g/mol. The summed E-state index contributed by atoms with van der Waals surface area (Å²) in [6.07, 6.45) is 4.88. The van der Waals surface area contributed by atoms with Crippen LogP contribution in [0.4, 0.5) is 0 Å². The monoisotopic (exact) mass is 207 g/mol. The number of aryl methyl sites for hydroxylation is 1. The van der Waals surface area contributed by atoms with Gasteiger partial charge in [0, 0.05) is 19.7 Å². The van der Waals surface area contributed by atoms with Crippen LogP contribution in [0, 0.1) is 11.3 Å². The van der Waals surface area contributed by atoms with Crippen molar-refractivity contribution in [1.29, 1.82) is 5.26 Å². The van der Waals surface area contributed by atoms with Crippen molar-refractivity contribution in [1.82, 2.24) is 9.78 Å². The van der Waals surface area contributed by atoms with Crippen molar-refractivity contribution >= 4 is 11.8 Å². The number of aromatic nitrogens is 2. The average molecular weight is 207 g/mol. The van der Waals surface area contributed by atoms with Crippen LogP contribution < -0.4 is 0 Å². The first-order valence-corrected chi connectivity index (χ1v) is 5.76. The van der Waals surface area contributed by atoms with Crippen LogP contribution in [0.5, 0.6) is 0 Å². The van der Waals surface area contributed by atoms with Crippen LogP contribution in [-0.4, -0.2) is 20.3 Å². The fourth-order valence-corrected chi connectivity index (χ4v) is 3.10. The van der Waals surface area contributed by atoms with E-state index in [0.717, 1.165) is 30.7 Å². The molecule has 3 nitrogen and oxygen atoms in total. The van der Waals surface area contributed by atoms with Crippen molar-refractivity contribution in [2.75, 3.05) is 5.75 Å². The Bertz CT molecular complexity index is 358. The number of nitriles is 1. The summed E-state index contributed by atoms with van der Waals surface area (Å²) in [4.78, 5) is 0. The summed E-state index contributed by atoms with van der Waals surface area (Å²) in [6.45, 7) is 0. The molecule has 1 saturated heterocycles. The van der Waals surface area contributed by atoms with Gasteiger partial charge in [0.25, 0.3) is 0 Å². The molecule has 14 heavy (non-hydrogen) atoms. The van der Waals surface area contributed by atoms with Crippen LogP contribution in [0.15, 0.2) is 12.3 Å². The van der Waals surface area contributed by atoms with E-state index in [-0.39, 0.29) is 4.75 Å². The van der Waals surface area contributed by atoms with Gasteiger partial charge in [0.15, 0.2) is 0 Å². The van der Waals surface area contributed by atoms with Crippen molar-refractivity contribution in [3.05, 3.63) is 18.0 Å². The highest BCUT2D eigenvalue weighted by Crippen LogP contribution is 2.39. The lowest BCUT2D eigenvalue weighted by atomic mass is 9.99. The number of thioether (sulfide) groups is 1. The molecule has 0 N–H and O–H groups in total. The molecule has 1 aliphatic heterocycles. The van der Waals surface area contributed by atoms with Gasteiger partial charge < -0.3 is 0 Å². The van der Waals surface area contributed by atoms with Gasteiger partial charge in [0.1, 0.15) is 4.75 Å². The molecular formula is C10H13N3S. The van der Waals surface area contributed by atoms with Crippen molar-refractivity contribution in [2.45, 2.75) is 24.0 Å². The van der Waals surface area contributed by atoms with E-state index in [9.17, 15) is 5.26 Å². The summed E-state index contributed by atoms with van der Waals surface area (Å²) >= 11 is 1.78. The first-order chi connectivity index (χ1) is 6.74. The number of nitrogens with zero attached hydrogens (tertiary/aromatic N) is 3. The van der Waals surface area contributed by atoms with Gasteiger partial charge in [-0.05, 0) is 24.7 Å². The Morgan fingerprint density at radius 1 is 1.79 bits per heavy atom. The van der Waals surface area contributed by atoms with Gasteiger partial charge in [-0.15, -0.1) is 11.8 Å². The van der Waals surface area contributed by atoms with E-state index < -0.39 is 0 Å². The molecule has 0 aromatic carbocycles. The van der Waals surface area contributed by atoms with Gasteiger partial charge >= 0.3 is 0 Å². The summed E-state index contributed by atoms with van der Waals surface area (Å²) in [6, 6.07) is 4.45. The second-order valence-corrected chi connectivity index (χ2v) is 5.19. The lowest BCUT2D eigenvalue weighted by Gasteiger charge is -2.17. The summed E-state index contributed by atoms with van der Waals surface area (Å²) in [5.74, 6) is 1.11. The van der Waals surface area contributed by atoms with Gasteiger partial charge in [-0.2, -0.15) is 10.4 Å². The Balaban J connectivity index is 2.13. The van der Waals surface area contributed by atoms with Crippen molar-refractivity contribution in [3.8, 4) is 6.07 Å². The predicted molar refractivity (Wildman–Crippen MR) is 56.9 cm³/mol. The summed E-state index contributed by atoms with van der Waals surface area (Å²) in [5, 5.41) is 13.5. The van der Waals surface area contributed by atoms with Gasteiger partial charge in [0.2, 0.25) is 0 Å². The lowest BCUT2D eigenvalue weighted by molar-refractivity contribution is 0.646.